The molecular formula is C17H36N2. The van der Waals surface area contributed by atoms with Gasteiger partial charge in [-0.2, -0.15) is 0 Å². The van der Waals surface area contributed by atoms with Crippen molar-refractivity contribution >= 4 is 0 Å². The van der Waals surface area contributed by atoms with E-state index in [1.165, 1.54) is 45.1 Å². The zero-order valence-corrected chi connectivity index (χ0v) is 13.9. The van der Waals surface area contributed by atoms with Gasteiger partial charge in [0.2, 0.25) is 0 Å². The molecule has 0 amide bonds. The minimum Gasteiger partial charge on any atom is -0.316 e. The average Bonchev–Trinajstić information content (AvgIpc) is 2.38. The second-order valence-corrected chi connectivity index (χ2v) is 7.20. The summed E-state index contributed by atoms with van der Waals surface area (Å²) in [6, 6.07) is 0. The van der Waals surface area contributed by atoms with Crippen LogP contribution in [0, 0.1) is 17.8 Å². The van der Waals surface area contributed by atoms with Gasteiger partial charge in [0.1, 0.15) is 0 Å². The molecule has 0 bridgehead atoms. The molecule has 1 aliphatic carbocycles. The molecule has 0 radical (unpaired) electrons. The summed E-state index contributed by atoms with van der Waals surface area (Å²) in [4.78, 5) is 0. The molecule has 0 saturated heterocycles. The van der Waals surface area contributed by atoms with E-state index in [2.05, 4.69) is 45.4 Å². The van der Waals surface area contributed by atoms with Gasteiger partial charge in [-0.3, -0.25) is 0 Å². The van der Waals surface area contributed by atoms with E-state index >= 15 is 0 Å². The summed E-state index contributed by atoms with van der Waals surface area (Å²) in [5, 5.41) is 7.33. The fourth-order valence-corrected chi connectivity index (χ4v) is 3.69. The van der Waals surface area contributed by atoms with Gasteiger partial charge < -0.3 is 10.6 Å². The normalized spacial score (nSPS) is 19.6. The minimum atomic E-state index is 0.427. The first-order valence-electron chi connectivity index (χ1n) is 8.40. The first-order chi connectivity index (χ1) is 9.01. The zero-order chi connectivity index (χ0) is 14.3. The molecule has 0 atom stereocenters. The monoisotopic (exact) mass is 268 g/mol. The SMILES string of the molecule is CNC1(CCNCC(C(C)C)C(C)C)CCCCC1. The van der Waals surface area contributed by atoms with E-state index in [4.69, 9.17) is 0 Å². The molecular weight excluding hydrogens is 232 g/mol. The van der Waals surface area contributed by atoms with Gasteiger partial charge in [-0.25, -0.2) is 0 Å². The molecule has 1 aliphatic rings. The van der Waals surface area contributed by atoms with E-state index in [9.17, 15) is 0 Å². The van der Waals surface area contributed by atoms with Crippen molar-refractivity contribution in [1.82, 2.24) is 10.6 Å². The van der Waals surface area contributed by atoms with Gasteiger partial charge in [-0.05, 0) is 57.2 Å². The smallest absolute Gasteiger partial charge is 0.0190 e. The molecule has 19 heavy (non-hydrogen) atoms. The third-order valence-corrected chi connectivity index (χ3v) is 5.21. The number of hydrogen-bond acceptors (Lipinski definition) is 2. The molecule has 1 saturated carbocycles. The largest absolute Gasteiger partial charge is 0.316 e. The third-order valence-electron chi connectivity index (χ3n) is 5.21. The molecule has 0 aromatic rings. The number of nitrogens with one attached hydrogen (secondary N) is 2. The Morgan fingerprint density at radius 1 is 0.947 bits per heavy atom. The molecule has 1 rings (SSSR count). The van der Waals surface area contributed by atoms with Crippen molar-refractivity contribution < 1.29 is 0 Å². The summed E-state index contributed by atoms with van der Waals surface area (Å²) in [5.41, 5.74) is 0.427. The Balaban J connectivity index is 2.28. The van der Waals surface area contributed by atoms with E-state index in [-0.39, 0.29) is 0 Å². The molecule has 0 unspecified atom stereocenters. The van der Waals surface area contributed by atoms with Crippen LogP contribution in [0.25, 0.3) is 0 Å². The standard InChI is InChI=1S/C17H36N2/c1-14(2)16(15(3)4)13-19-12-11-17(18-5)9-7-6-8-10-17/h14-16,18-19H,6-13H2,1-5H3. The molecule has 114 valence electrons. The summed E-state index contributed by atoms with van der Waals surface area (Å²) in [6.07, 6.45) is 8.25. The quantitative estimate of drug-likeness (QED) is 0.654. The molecule has 2 heteroatoms. The fourth-order valence-electron chi connectivity index (χ4n) is 3.69. The Morgan fingerprint density at radius 3 is 2.00 bits per heavy atom. The molecule has 0 heterocycles. The zero-order valence-electron chi connectivity index (χ0n) is 13.9. The van der Waals surface area contributed by atoms with Crippen molar-refractivity contribution in [3.05, 3.63) is 0 Å². The second-order valence-electron chi connectivity index (χ2n) is 7.20. The lowest BCUT2D eigenvalue weighted by molar-refractivity contribution is 0.220. The lowest BCUT2D eigenvalue weighted by Gasteiger charge is -2.37. The van der Waals surface area contributed by atoms with E-state index in [1.54, 1.807) is 0 Å². The molecule has 1 fully saturated rings. The maximum Gasteiger partial charge on any atom is 0.0190 e. The Kier molecular flexibility index (Phi) is 7.38. The highest BCUT2D eigenvalue weighted by Crippen LogP contribution is 2.30. The Bertz CT molecular complexity index is 221. The third kappa shape index (κ3) is 5.43. The van der Waals surface area contributed by atoms with Gasteiger partial charge in [0.05, 0.1) is 0 Å². The van der Waals surface area contributed by atoms with Crippen LogP contribution in [0.3, 0.4) is 0 Å². The van der Waals surface area contributed by atoms with Crippen LogP contribution in [0.4, 0.5) is 0 Å². The summed E-state index contributed by atoms with van der Waals surface area (Å²) >= 11 is 0. The van der Waals surface area contributed by atoms with Crippen LogP contribution in [0.2, 0.25) is 0 Å². The Morgan fingerprint density at radius 2 is 1.53 bits per heavy atom. The lowest BCUT2D eigenvalue weighted by Crippen LogP contribution is -2.47. The van der Waals surface area contributed by atoms with Gasteiger partial charge in [0.15, 0.2) is 0 Å². The number of hydrogen-bond donors (Lipinski definition) is 2. The molecule has 0 spiro atoms. The molecule has 0 aliphatic heterocycles. The minimum absolute atomic E-state index is 0.427. The van der Waals surface area contributed by atoms with Crippen molar-refractivity contribution in [2.24, 2.45) is 17.8 Å². The van der Waals surface area contributed by atoms with Crippen molar-refractivity contribution in [1.29, 1.82) is 0 Å². The average molecular weight is 268 g/mol. The maximum atomic E-state index is 3.71. The van der Waals surface area contributed by atoms with Gasteiger partial charge in [0.25, 0.3) is 0 Å². The van der Waals surface area contributed by atoms with Crippen molar-refractivity contribution in [3.8, 4) is 0 Å². The van der Waals surface area contributed by atoms with Gasteiger partial charge >= 0.3 is 0 Å². The second kappa shape index (κ2) is 8.26. The van der Waals surface area contributed by atoms with Gasteiger partial charge in [-0.1, -0.05) is 47.0 Å². The highest BCUT2D eigenvalue weighted by Gasteiger charge is 2.29. The predicted octanol–water partition coefficient (Wildman–Crippen LogP) is 3.82. The van der Waals surface area contributed by atoms with Crippen LogP contribution in [-0.2, 0) is 0 Å². The first-order valence-corrected chi connectivity index (χ1v) is 8.40. The Hall–Kier alpha value is -0.0800. The Labute approximate surface area is 121 Å². The van der Waals surface area contributed by atoms with Gasteiger partial charge in [-0.15, -0.1) is 0 Å². The molecule has 2 nitrogen and oxygen atoms in total. The fraction of sp³-hybridized carbons (Fsp3) is 1.00. The van der Waals surface area contributed by atoms with Crippen LogP contribution in [0.15, 0.2) is 0 Å². The van der Waals surface area contributed by atoms with E-state index in [0.717, 1.165) is 24.3 Å². The topological polar surface area (TPSA) is 24.1 Å². The summed E-state index contributed by atoms with van der Waals surface area (Å²) in [7, 11) is 2.15. The van der Waals surface area contributed by atoms with E-state index in [1.807, 2.05) is 0 Å². The lowest BCUT2D eigenvalue weighted by atomic mass is 9.79. The highest BCUT2D eigenvalue weighted by atomic mass is 15.0. The van der Waals surface area contributed by atoms with Crippen LogP contribution < -0.4 is 10.6 Å². The molecule has 0 aromatic heterocycles. The highest BCUT2D eigenvalue weighted by molar-refractivity contribution is 4.90. The maximum absolute atomic E-state index is 3.71. The summed E-state index contributed by atoms with van der Waals surface area (Å²) in [6.45, 7) is 11.7. The first kappa shape index (κ1) is 17.0. The summed E-state index contributed by atoms with van der Waals surface area (Å²) in [5.74, 6) is 2.36. The van der Waals surface area contributed by atoms with Crippen LogP contribution in [0.1, 0.15) is 66.2 Å². The predicted molar refractivity (Wildman–Crippen MR) is 85.5 cm³/mol. The van der Waals surface area contributed by atoms with Crippen molar-refractivity contribution in [2.45, 2.75) is 71.8 Å². The van der Waals surface area contributed by atoms with E-state index in [0.29, 0.717) is 5.54 Å². The van der Waals surface area contributed by atoms with E-state index < -0.39 is 0 Å². The summed E-state index contributed by atoms with van der Waals surface area (Å²) < 4.78 is 0. The number of rotatable bonds is 8. The van der Waals surface area contributed by atoms with Crippen molar-refractivity contribution in [3.63, 3.8) is 0 Å². The van der Waals surface area contributed by atoms with Crippen LogP contribution >= 0.6 is 0 Å². The van der Waals surface area contributed by atoms with Crippen molar-refractivity contribution in [2.75, 3.05) is 20.1 Å². The van der Waals surface area contributed by atoms with Gasteiger partial charge in [0, 0.05) is 5.54 Å². The van der Waals surface area contributed by atoms with Crippen LogP contribution in [-0.4, -0.2) is 25.7 Å². The molecule has 2 N–H and O–H groups in total. The van der Waals surface area contributed by atoms with Crippen LogP contribution in [0.5, 0.6) is 0 Å². The molecule has 0 aromatic carbocycles.